The highest BCUT2D eigenvalue weighted by Crippen LogP contribution is 2.26. The van der Waals surface area contributed by atoms with Gasteiger partial charge >= 0.3 is 5.97 Å². The number of hydrogen-bond acceptors (Lipinski definition) is 6. The Balaban J connectivity index is 1.71. The number of ether oxygens (including phenoxy) is 1. The molecule has 1 aromatic heterocycles. The molecule has 0 saturated carbocycles. The SMILES string of the molecule is CCOC(=O)C1CCN(c2ccc(S(=O)(=O)N(CC)c3ccccc3)cn2)CC1. The first-order valence-corrected chi connectivity index (χ1v) is 11.4. The number of aromatic nitrogens is 1. The van der Waals surface area contributed by atoms with Crippen molar-refractivity contribution in [2.24, 2.45) is 5.92 Å². The molecule has 1 saturated heterocycles. The van der Waals surface area contributed by atoms with Crippen LogP contribution in [0.25, 0.3) is 0 Å². The number of piperidine rings is 1. The van der Waals surface area contributed by atoms with Crippen LogP contribution in [0, 0.1) is 5.92 Å². The summed E-state index contributed by atoms with van der Waals surface area (Å²) in [6.07, 6.45) is 2.82. The molecular weight excluding hydrogens is 390 g/mol. The summed E-state index contributed by atoms with van der Waals surface area (Å²) in [6, 6.07) is 12.4. The van der Waals surface area contributed by atoms with E-state index in [1.54, 1.807) is 31.2 Å². The maximum absolute atomic E-state index is 13.1. The fourth-order valence-electron chi connectivity index (χ4n) is 3.53. The lowest BCUT2D eigenvalue weighted by Gasteiger charge is -2.31. The van der Waals surface area contributed by atoms with Gasteiger partial charge in [-0.1, -0.05) is 18.2 Å². The molecule has 0 unspecified atom stereocenters. The van der Waals surface area contributed by atoms with Crippen molar-refractivity contribution in [1.29, 1.82) is 0 Å². The van der Waals surface area contributed by atoms with Gasteiger partial charge < -0.3 is 9.64 Å². The van der Waals surface area contributed by atoms with Crippen LogP contribution in [0.3, 0.4) is 0 Å². The van der Waals surface area contributed by atoms with E-state index in [9.17, 15) is 13.2 Å². The zero-order valence-electron chi connectivity index (χ0n) is 16.8. The summed E-state index contributed by atoms with van der Waals surface area (Å²) >= 11 is 0. The van der Waals surface area contributed by atoms with Gasteiger partial charge in [0.2, 0.25) is 0 Å². The lowest BCUT2D eigenvalue weighted by molar-refractivity contribution is -0.148. The van der Waals surface area contributed by atoms with E-state index >= 15 is 0 Å². The van der Waals surface area contributed by atoms with Crippen molar-refractivity contribution in [3.8, 4) is 0 Å². The molecule has 1 aliphatic heterocycles. The van der Waals surface area contributed by atoms with Gasteiger partial charge in [-0.05, 0) is 51.0 Å². The second-order valence-corrected chi connectivity index (χ2v) is 8.73. The van der Waals surface area contributed by atoms with Crippen LogP contribution < -0.4 is 9.21 Å². The Labute approximate surface area is 172 Å². The maximum atomic E-state index is 13.1. The highest BCUT2D eigenvalue weighted by atomic mass is 32.2. The number of carbonyl (C=O) groups excluding carboxylic acids is 1. The minimum absolute atomic E-state index is 0.0742. The second-order valence-electron chi connectivity index (χ2n) is 6.87. The van der Waals surface area contributed by atoms with Gasteiger partial charge in [-0.2, -0.15) is 0 Å². The standard InChI is InChI=1S/C21H27N3O4S/c1-3-24(18-8-6-5-7-9-18)29(26,27)19-10-11-20(22-16-19)23-14-12-17(13-15-23)21(25)28-4-2/h5-11,16-17H,3-4,12-15H2,1-2H3. The summed E-state index contributed by atoms with van der Waals surface area (Å²) in [7, 11) is -3.69. The largest absolute Gasteiger partial charge is 0.466 e. The molecule has 0 spiro atoms. The second kappa shape index (κ2) is 9.26. The van der Waals surface area contributed by atoms with Crippen molar-refractivity contribution in [3.05, 3.63) is 48.7 Å². The van der Waals surface area contributed by atoms with Crippen LogP contribution in [0.1, 0.15) is 26.7 Å². The van der Waals surface area contributed by atoms with Crippen LogP contribution in [0.2, 0.25) is 0 Å². The van der Waals surface area contributed by atoms with Gasteiger partial charge in [-0.3, -0.25) is 9.10 Å². The van der Waals surface area contributed by atoms with Crippen LogP contribution in [0.5, 0.6) is 0 Å². The summed E-state index contributed by atoms with van der Waals surface area (Å²) < 4.78 is 32.6. The van der Waals surface area contributed by atoms with Gasteiger partial charge in [0.05, 0.1) is 18.2 Å². The zero-order valence-corrected chi connectivity index (χ0v) is 17.6. The molecule has 0 N–H and O–H groups in total. The third kappa shape index (κ3) is 4.70. The highest BCUT2D eigenvalue weighted by Gasteiger charge is 2.28. The molecular formula is C21H27N3O4S. The number of anilines is 2. The molecule has 1 fully saturated rings. The van der Waals surface area contributed by atoms with Gasteiger partial charge in [0.25, 0.3) is 10.0 Å². The molecule has 1 aromatic carbocycles. The fraction of sp³-hybridized carbons (Fsp3) is 0.429. The molecule has 0 aliphatic carbocycles. The van der Waals surface area contributed by atoms with E-state index in [1.165, 1.54) is 10.5 Å². The van der Waals surface area contributed by atoms with E-state index in [4.69, 9.17) is 4.74 Å². The van der Waals surface area contributed by atoms with E-state index in [1.807, 2.05) is 25.1 Å². The van der Waals surface area contributed by atoms with Crippen molar-refractivity contribution < 1.29 is 17.9 Å². The van der Waals surface area contributed by atoms with Crippen molar-refractivity contribution in [2.75, 3.05) is 35.4 Å². The predicted octanol–water partition coefficient (Wildman–Crippen LogP) is 3.08. The number of esters is 1. The van der Waals surface area contributed by atoms with E-state index in [-0.39, 0.29) is 16.8 Å². The number of rotatable bonds is 7. The Morgan fingerprint density at radius 1 is 1.14 bits per heavy atom. The average Bonchev–Trinajstić information content (AvgIpc) is 2.75. The van der Waals surface area contributed by atoms with Crippen molar-refractivity contribution >= 4 is 27.5 Å². The minimum Gasteiger partial charge on any atom is -0.466 e. The third-order valence-corrected chi connectivity index (χ3v) is 6.97. The third-order valence-electron chi connectivity index (χ3n) is 5.08. The molecule has 0 amide bonds. The minimum atomic E-state index is -3.69. The molecule has 8 heteroatoms. The first-order valence-electron chi connectivity index (χ1n) is 9.92. The lowest BCUT2D eigenvalue weighted by atomic mass is 9.97. The van der Waals surface area contributed by atoms with E-state index in [2.05, 4.69) is 9.88 Å². The molecule has 156 valence electrons. The van der Waals surface area contributed by atoms with Crippen LogP contribution in [-0.2, 0) is 19.6 Å². The first-order chi connectivity index (χ1) is 14.0. The number of sulfonamides is 1. The molecule has 0 bridgehead atoms. The summed E-state index contributed by atoms with van der Waals surface area (Å²) in [5, 5.41) is 0. The molecule has 1 aliphatic rings. The Morgan fingerprint density at radius 2 is 1.83 bits per heavy atom. The molecule has 0 radical (unpaired) electrons. The lowest BCUT2D eigenvalue weighted by Crippen LogP contribution is -2.37. The Morgan fingerprint density at radius 3 is 2.38 bits per heavy atom. The Bertz CT molecular complexity index is 909. The van der Waals surface area contributed by atoms with Crippen molar-refractivity contribution in [2.45, 2.75) is 31.6 Å². The number of carbonyl (C=O) groups is 1. The van der Waals surface area contributed by atoms with Gasteiger partial charge in [-0.15, -0.1) is 0 Å². The smallest absolute Gasteiger partial charge is 0.309 e. The Kier molecular flexibility index (Phi) is 6.74. The van der Waals surface area contributed by atoms with Crippen molar-refractivity contribution in [3.63, 3.8) is 0 Å². The number of nitrogens with zero attached hydrogens (tertiary/aromatic N) is 3. The van der Waals surface area contributed by atoms with Crippen molar-refractivity contribution in [1.82, 2.24) is 4.98 Å². The van der Waals surface area contributed by atoms with Gasteiger partial charge in [0.15, 0.2) is 0 Å². The monoisotopic (exact) mass is 417 g/mol. The summed E-state index contributed by atoms with van der Waals surface area (Å²) in [5.74, 6) is 0.506. The normalized spacial score (nSPS) is 15.2. The summed E-state index contributed by atoms with van der Waals surface area (Å²) in [6.45, 7) is 5.72. The average molecular weight is 418 g/mol. The summed E-state index contributed by atoms with van der Waals surface area (Å²) in [5.41, 5.74) is 0.625. The van der Waals surface area contributed by atoms with Gasteiger partial charge in [-0.25, -0.2) is 13.4 Å². The molecule has 7 nitrogen and oxygen atoms in total. The number of benzene rings is 1. The van der Waals surface area contributed by atoms with Crippen LogP contribution in [0.15, 0.2) is 53.6 Å². The van der Waals surface area contributed by atoms with E-state index in [0.717, 1.165) is 0 Å². The van der Waals surface area contributed by atoms with E-state index in [0.29, 0.717) is 50.6 Å². The molecule has 0 atom stereocenters. The maximum Gasteiger partial charge on any atom is 0.309 e. The first kappa shape index (κ1) is 21.1. The number of para-hydroxylation sites is 1. The highest BCUT2D eigenvalue weighted by molar-refractivity contribution is 7.92. The topological polar surface area (TPSA) is 79.8 Å². The van der Waals surface area contributed by atoms with Gasteiger partial charge in [0.1, 0.15) is 10.7 Å². The molecule has 29 heavy (non-hydrogen) atoms. The molecule has 2 aromatic rings. The quantitative estimate of drug-likeness (QED) is 0.644. The fourth-order valence-corrected chi connectivity index (χ4v) is 4.95. The Hall–Kier alpha value is -2.61. The summed E-state index contributed by atoms with van der Waals surface area (Å²) in [4.78, 5) is 18.5. The number of hydrogen-bond donors (Lipinski definition) is 0. The van der Waals surface area contributed by atoms with Crippen LogP contribution in [-0.4, -0.2) is 45.6 Å². The van der Waals surface area contributed by atoms with E-state index < -0.39 is 10.0 Å². The van der Waals surface area contributed by atoms with Crippen LogP contribution in [0.4, 0.5) is 11.5 Å². The van der Waals surface area contributed by atoms with Crippen LogP contribution >= 0.6 is 0 Å². The zero-order chi connectivity index (χ0) is 20.9. The van der Waals surface area contributed by atoms with Gasteiger partial charge in [0, 0.05) is 25.8 Å². The number of pyridine rings is 1. The molecule has 3 rings (SSSR count). The molecule has 2 heterocycles. The predicted molar refractivity (Wildman–Crippen MR) is 112 cm³/mol.